The van der Waals surface area contributed by atoms with Crippen LogP contribution in [0.1, 0.15) is 46.7 Å². The molecule has 0 heterocycles. The Morgan fingerprint density at radius 1 is 0.971 bits per heavy atom. The van der Waals surface area contributed by atoms with Crippen LogP contribution in [0.2, 0.25) is 0 Å². The fourth-order valence-corrected chi connectivity index (χ4v) is 4.79. The SMILES string of the molecule is O=C(NC1(C(=O)Nc2ccc(C(=O)O)c(F)c2)CCC1)OCC1c2ccccc2-c2ccccc21. The lowest BCUT2D eigenvalue weighted by atomic mass is 9.76. The highest BCUT2D eigenvalue weighted by Crippen LogP contribution is 2.44. The standard InChI is InChI=1S/C27H23FN2O5/c28-23-14-16(10-11-21(23)24(31)32)29-25(33)27(12-5-13-27)30-26(34)35-15-22-19-8-3-1-6-17(19)18-7-2-4-9-20(18)22/h1-4,6-11,14,22H,5,12-13,15H2,(H,29,33)(H,30,34)(H,31,32). The largest absolute Gasteiger partial charge is 0.478 e. The molecule has 0 saturated heterocycles. The van der Waals surface area contributed by atoms with Gasteiger partial charge in [0.2, 0.25) is 5.91 Å². The van der Waals surface area contributed by atoms with Gasteiger partial charge in [0.15, 0.2) is 0 Å². The van der Waals surface area contributed by atoms with Crippen LogP contribution in [0.4, 0.5) is 14.9 Å². The summed E-state index contributed by atoms with van der Waals surface area (Å²) in [6.07, 6.45) is 0.870. The summed E-state index contributed by atoms with van der Waals surface area (Å²) in [6.45, 7) is 0.124. The van der Waals surface area contributed by atoms with Crippen molar-refractivity contribution in [3.05, 3.63) is 89.2 Å². The van der Waals surface area contributed by atoms with E-state index in [0.29, 0.717) is 12.8 Å². The van der Waals surface area contributed by atoms with Crippen LogP contribution < -0.4 is 10.6 Å². The van der Waals surface area contributed by atoms with Gasteiger partial charge in [-0.1, -0.05) is 48.5 Å². The molecule has 178 valence electrons. The lowest BCUT2D eigenvalue weighted by molar-refractivity contribution is -0.125. The highest BCUT2D eigenvalue weighted by molar-refractivity contribution is 6.01. The van der Waals surface area contributed by atoms with Gasteiger partial charge in [0.25, 0.3) is 0 Å². The summed E-state index contributed by atoms with van der Waals surface area (Å²) >= 11 is 0. The number of rotatable bonds is 6. The van der Waals surface area contributed by atoms with Crippen LogP contribution in [-0.4, -0.2) is 35.2 Å². The van der Waals surface area contributed by atoms with Crippen molar-refractivity contribution in [2.75, 3.05) is 11.9 Å². The van der Waals surface area contributed by atoms with E-state index in [1.165, 1.54) is 6.07 Å². The van der Waals surface area contributed by atoms with E-state index < -0.39 is 34.9 Å². The predicted octanol–water partition coefficient (Wildman–Crippen LogP) is 4.92. The number of anilines is 1. The number of carboxylic acid groups (broad SMARTS) is 1. The zero-order chi connectivity index (χ0) is 24.6. The van der Waals surface area contributed by atoms with Crippen molar-refractivity contribution >= 4 is 23.7 Å². The average Bonchev–Trinajstić information content (AvgIpc) is 3.13. The molecule has 2 amide bonds. The maximum Gasteiger partial charge on any atom is 0.408 e. The number of alkyl carbamates (subject to hydrolysis) is 1. The van der Waals surface area contributed by atoms with Crippen LogP contribution in [0.5, 0.6) is 0 Å². The van der Waals surface area contributed by atoms with Crippen molar-refractivity contribution < 1.29 is 28.6 Å². The third-order valence-corrected chi connectivity index (χ3v) is 6.78. The minimum atomic E-state index is -1.40. The van der Waals surface area contributed by atoms with Gasteiger partial charge in [0.05, 0.1) is 5.56 Å². The van der Waals surface area contributed by atoms with Gasteiger partial charge in [-0.3, -0.25) is 4.79 Å². The Labute approximate surface area is 200 Å². The van der Waals surface area contributed by atoms with E-state index in [1.807, 2.05) is 48.5 Å². The second-order valence-corrected chi connectivity index (χ2v) is 8.84. The quantitative estimate of drug-likeness (QED) is 0.470. The molecule has 0 aromatic heterocycles. The molecule has 3 aromatic carbocycles. The van der Waals surface area contributed by atoms with Crippen molar-refractivity contribution in [3.63, 3.8) is 0 Å². The average molecular weight is 474 g/mol. The number of aromatic carboxylic acids is 1. The molecule has 0 unspecified atom stereocenters. The van der Waals surface area contributed by atoms with Crippen LogP contribution in [-0.2, 0) is 9.53 Å². The zero-order valence-corrected chi connectivity index (χ0v) is 18.7. The molecule has 1 saturated carbocycles. The number of carboxylic acids is 1. The number of amides is 2. The summed E-state index contributed by atoms with van der Waals surface area (Å²) in [5.41, 5.74) is 2.87. The van der Waals surface area contributed by atoms with Gasteiger partial charge in [-0.15, -0.1) is 0 Å². The van der Waals surface area contributed by atoms with Crippen LogP contribution in [0.3, 0.4) is 0 Å². The van der Waals surface area contributed by atoms with E-state index in [-0.39, 0.29) is 18.2 Å². The van der Waals surface area contributed by atoms with Gasteiger partial charge >= 0.3 is 12.1 Å². The second-order valence-electron chi connectivity index (χ2n) is 8.84. The smallest absolute Gasteiger partial charge is 0.408 e. The van der Waals surface area contributed by atoms with Crippen molar-refractivity contribution in [2.45, 2.75) is 30.7 Å². The molecular weight excluding hydrogens is 451 g/mol. The normalized spacial score (nSPS) is 15.3. The molecule has 8 heteroatoms. The number of fused-ring (bicyclic) bond motifs is 3. The lowest BCUT2D eigenvalue weighted by Crippen LogP contribution is -2.61. The van der Waals surface area contributed by atoms with Gasteiger partial charge in [0.1, 0.15) is 18.0 Å². The first-order valence-corrected chi connectivity index (χ1v) is 11.4. The molecule has 3 aromatic rings. The molecule has 0 spiro atoms. The van der Waals surface area contributed by atoms with Gasteiger partial charge in [0, 0.05) is 11.6 Å². The fraction of sp³-hybridized carbons (Fsp3) is 0.222. The minimum absolute atomic E-state index is 0.102. The van der Waals surface area contributed by atoms with E-state index in [2.05, 4.69) is 10.6 Å². The Morgan fingerprint density at radius 3 is 2.14 bits per heavy atom. The molecule has 2 aliphatic rings. The summed E-state index contributed by atoms with van der Waals surface area (Å²) in [5, 5.41) is 14.2. The first-order valence-electron chi connectivity index (χ1n) is 11.4. The maximum absolute atomic E-state index is 14.0. The summed E-state index contributed by atoms with van der Waals surface area (Å²) in [6, 6.07) is 19.4. The molecule has 0 aliphatic heterocycles. The molecule has 3 N–H and O–H groups in total. The third-order valence-electron chi connectivity index (χ3n) is 6.78. The monoisotopic (exact) mass is 474 g/mol. The summed E-state index contributed by atoms with van der Waals surface area (Å²) < 4.78 is 19.6. The van der Waals surface area contributed by atoms with E-state index >= 15 is 0 Å². The van der Waals surface area contributed by atoms with Crippen molar-refractivity contribution in [1.29, 1.82) is 0 Å². The summed E-state index contributed by atoms with van der Waals surface area (Å²) in [7, 11) is 0. The molecule has 1 fully saturated rings. The summed E-state index contributed by atoms with van der Waals surface area (Å²) in [4.78, 5) is 36.7. The molecular formula is C27H23FN2O5. The lowest BCUT2D eigenvalue weighted by Gasteiger charge is -2.40. The fourth-order valence-electron chi connectivity index (χ4n) is 4.79. The van der Waals surface area contributed by atoms with Crippen LogP contribution in [0.25, 0.3) is 11.1 Å². The molecule has 5 rings (SSSR count). The Hall–Kier alpha value is -4.20. The number of benzene rings is 3. The molecule has 0 atom stereocenters. The number of nitrogens with one attached hydrogen (secondary N) is 2. The number of carbonyl (C=O) groups excluding carboxylic acids is 2. The first-order chi connectivity index (χ1) is 16.9. The first kappa shape index (κ1) is 22.6. The Kier molecular flexibility index (Phi) is 5.72. The van der Waals surface area contributed by atoms with Crippen molar-refractivity contribution in [3.8, 4) is 11.1 Å². The molecule has 7 nitrogen and oxygen atoms in total. The number of carbonyl (C=O) groups is 3. The molecule has 2 aliphatic carbocycles. The predicted molar refractivity (Wildman–Crippen MR) is 127 cm³/mol. The van der Waals surface area contributed by atoms with Crippen LogP contribution >= 0.6 is 0 Å². The highest BCUT2D eigenvalue weighted by Gasteiger charge is 2.46. The summed E-state index contributed by atoms with van der Waals surface area (Å²) in [5.74, 6) is -2.95. The van der Waals surface area contributed by atoms with Gasteiger partial charge in [-0.25, -0.2) is 14.0 Å². The maximum atomic E-state index is 14.0. The number of hydrogen-bond acceptors (Lipinski definition) is 4. The van der Waals surface area contributed by atoms with Crippen molar-refractivity contribution in [1.82, 2.24) is 5.32 Å². The molecule has 35 heavy (non-hydrogen) atoms. The zero-order valence-electron chi connectivity index (χ0n) is 18.7. The number of hydrogen-bond donors (Lipinski definition) is 3. The van der Waals surface area contributed by atoms with Gasteiger partial charge in [-0.2, -0.15) is 0 Å². The Morgan fingerprint density at radius 2 is 1.60 bits per heavy atom. The van der Waals surface area contributed by atoms with Crippen molar-refractivity contribution in [2.24, 2.45) is 0 Å². The topological polar surface area (TPSA) is 105 Å². The van der Waals surface area contributed by atoms with Gasteiger partial charge in [-0.05, 0) is 59.7 Å². The van der Waals surface area contributed by atoms with E-state index in [1.54, 1.807) is 0 Å². The second kappa shape index (κ2) is 8.87. The van der Waals surface area contributed by atoms with E-state index in [4.69, 9.17) is 9.84 Å². The van der Waals surface area contributed by atoms with Crippen LogP contribution in [0, 0.1) is 5.82 Å². The van der Waals surface area contributed by atoms with E-state index in [9.17, 15) is 18.8 Å². The van der Waals surface area contributed by atoms with Crippen LogP contribution in [0.15, 0.2) is 66.7 Å². The highest BCUT2D eigenvalue weighted by atomic mass is 19.1. The molecule has 0 bridgehead atoms. The Balaban J connectivity index is 1.25. The number of ether oxygens (including phenoxy) is 1. The minimum Gasteiger partial charge on any atom is -0.478 e. The number of halogens is 1. The van der Waals surface area contributed by atoms with Gasteiger partial charge < -0.3 is 20.5 Å². The third kappa shape index (κ3) is 4.12. The molecule has 0 radical (unpaired) electrons. The van der Waals surface area contributed by atoms with E-state index in [0.717, 1.165) is 40.8 Å². The Bertz CT molecular complexity index is 1290.